The number of carboxylic acid groups (broad SMARTS) is 1. The van der Waals surface area contributed by atoms with E-state index in [-0.39, 0.29) is 23.3 Å². The van der Waals surface area contributed by atoms with Gasteiger partial charge in [-0.15, -0.1) is 0 Å². The molecule has 2 aromatic rings. The number of likely N-dealkylation sites (tertiary alicyclic amines) is 1. The van der Waals surface area contributed by atoms with Gasteiger partial charge in [-0.05, 0) is 37.1 Å². The lowest BCUT2D eigenvalue weighted by Gasteiger charge is -2.46. The maximum atomic E-state index is 12.8. The molecule has 1 aromatic heterocycles. The van der Waals surface area contributed by atoms with Crippen LogP contribution in [0, 0.1) is 6.92 Å². The number of aromatic nitrogens is 1. The smallest absolute Gasteiger partial charge is 0.487 e. The summed E-state index contributed by atoms with van der Waals surface area (Å²) in [6, 6.07) is 13.5. The summed E-state index contributed by atoms with van der Waals surface area (Å²) < 4.78 is 38.2. The van der Waals surface area contributed by atoms with Gasteiger partial charge in [-0.25, -0.2) is 9.78 Å². The largest absolute Gasteiger partial charge is 0.490 e. The van der Waals surface area contributed by atoms with Crippen LogP contribution < -0.4 is 10.1 Å². The molecule has 1 fully saturated rings. The third kappa shape index (κ3) is 6.52. The van der Waals surface area contributed by atoms with Crippen LogP contribution in [-0.2, 0) is 9.59 Å². The van der Waals surface area contributed by atoms with Gasteiger partial charge in [0.2, 0.25) is 5.91 Å². The molecule has 0 saturated carbocycles. The zero-order valence-corrected chi connectivity index (χ0v) is 20.0. The summed E-state index contributed by atoms with van der Waals surface area (Å²) in [4.78, 5) is 40.0. The Bertz CT molecular complexity index is 1110. The Balaban J connectivity index is 0.000000454. The number of hydrogen-bond acceptors (Lipinski definition) is 5. The van der Waals surface area contributed by atoms with Crippen molar-refractivity contribution in [2.45, 2.75) is 50.3 Å². The molecular weight excluding hydrogens is 479 g/mol. The van der Waals surface area contributed by atoms with Crippen LogP contribution in [0.2, 0.25) is 0 Å². The van der Waals surface area contributed by atoms with E-state index in [9.17, 15) is 22.8 Å². The number of hydrogen-bond donors (Lipinski definition) is 2. The molecule has 1 atom stereocenters. The standard InChI is InChI=1S/C23H27N3O3.C2HF3O2/c1-16-6-5-8-19(25-16)22(28)26-12-10-23(11-13-26)15-17(14-21(27)24-2)18-7-3-4-9-20(18)29-23;3-2(4,5)1(6)7/h3-9,17H,10-15H2,1-2H3,(H,24,27);(H,6,7). The molecule has 36 heavy (non-hydrogen) atoms. The van der Waals surface area contributed by atoms with Gasteiger partial charge in [0, 0.05) is 51.0 Å². The fraction of sp³-hybridized carbons (Fsp3) is 0.440. The topological polar surface area (TPSA) is 109 Å². The van der Waals surface area contributed by atoms with Crippen molar-refractivity contribution in [1.82, 2.24) is 15.2 Å². The molecule has 0 bridgehead atoms. The number of alkyl halides is 3. The van der Waals surface area contributed by atoms with Gasteiger partial charge in [0.05, 0.1) is 0 Å². The van der Waals surface area contributed by atoms with Crippen LogP contribution in [0.25, 0.3) is 0 Å². The normalized spacial score (nSPS) is 18.2. The number of ether oxygens (including phenoxy) is 1. The quantitative estimate of drug-likeness (QED) is 0.656. The van der Waals surface area contributed by atoms with Crippen molar-refractivity contribution >= 4 is 17.8 Å². The van der Waals surface area contributed by atoms with Crippen LogP contribution in [0.4, 0.5) is 13.2 Å². The molecule has 194 valence electrons. The molecular formula is C25H28F3N3O5. The Morgan fingerprint density at radius 2 is 1.78 bits per heavy atom. The molecule has 1 saturated heterocycles. The number of benzene rings is 1. The van der Waals surface area contributed by atoms with Gasteiger partial charge in [-0.2, -0.15) is 13.2 Å². The number of amides is 2. The highest BCUT2D eigenvalue weighted by Gasteiger charge is 2.44. The Morgan fingerprint density at radius 3 is 2.36 bits per heavy atom. The van der Waals surface area contributed by atoms with Crippen LogP contribution in [0.15, 0.2) is 42.5 Å². The molecule has 4 rings (SSSR count). The van der Waals surface area contributed by atoms with E-state index in [0.717, 1.165) is 36.3 Å². The van der Waals surface area contributed by atoms with Gasteiger partial charge in [0.1, 0.15) is 17.0 Å². The first kappa shape index (κ1) is 27.0. The van der Waals surface area contributed by atoms with Crippen molar-refractivity contribution in [1.29, 1.82) is 0 Å². The molecule has 0 radical (unpaired) electrons. The van der Waals surface area contributed by atoms with Gasteiger partial charge in [0.15, 0.2) is 0 Å². The zero-order chi connectivity index (χ0) is 26.5. The SMILES string of the molecule is CNC(=O)CC1CC2(CCN(C(=O)c3cccc(C)n3)CC2)Oc2ccccc21.O=C(O)C(F)(F)F. The number of para-hydroxylation sites is 1. The van der Waals surface area contributed by atoms with Crippen molar-refractivity contribution in [2.75, 3.05) is 20.1 Å². The summed E-state index contributed by atoms with van der Waals surface area (Å²) in [6.07, 6.45) is -2.33. The van der Waals surface area contributed by atoms with E-state index in [0.29, 0.717) is 25.2 Å². The summed E-state index contributed by atoms with van der Waals surface area (Å²) >= 11 is 0. The lowest BCUT2D eigenvalue weighted by Crippen LogP contribution is -2.52. The number of fused-ring (bicyclic) bond motifs is 1. The summed E-state index contributed by atoms with van der Waals surface area (Å²) in [5, 5.41) is 9.86. The van der Waals surface area contributed by atoms with Gasteiger partial charge in [-0.1, -0.05) is 24.3 Å². The number of aryl methyl sites for hydroxylation is 1. The van der Waals surface area contributed by atoms with E-state index in [1.807, 2.05) is 42.2 Å². The maximum Gasteiger partial charge on any atom is 0.490 e. The van der Waals surface area contributed by atoms with Crippen molar-refractivity contribution in [2.24, 2.45) is 0 Å². The second kappa shape index (κ2) is 11.0. The highest BCUT2D eigenvalue weighted by atomic mass is 19.4. The predicted molar refractivity (Wildman–Crippen MR) is 124 cm³/mol. The second-order valence-corrected chi connectivity index (χ2v) is 8.86. The highest BCUT2D eigenvalue weighted by Crippen LogP contribution is 2.46. The predicted octanol–water partition coefficient (Wildman–Crippen LogP) is 3.70. The number of aliphatic carboxylic acids is 1. The first-order valence-electron chi connectivity index (χ1n) is 11.5. The lowest BCUT2D eigenvalue weighted by molar-refractivity contribution is -0.192. The van der Waals surface area contributed by atoms with Gasteiger partial charge < -0.3 is 20.1 Å². The van der Waals surface area contributed by atoms with Crippen molar-refractivity contribution < 1.29 is 37.4 Å². The van der Waals surface area contributed by atoms with Crippen LogP contribution in [0.3, 0.4) is 0 Å². The molecule has 1 aromatic carbocycles. The molecule has 2 amide bonds. The maximum absolute atomic E-state index is 12.8. The summed E-state index contributed by atoms with van der Waals surface area (Å²) in [6.45, 7) is 3.15. The molecule has 1 spiro atoms. The number of rotatable bonds is 3. The van der Waals surface area contributed by atoms with E-state index in [2.05, 4.69) is 16.4 Å². The summed E-state index contributed by atoms with van der Waals surface area (Å²) in [7, 11) is 1.67. The molecule has 2 N–H and O–H groups in total. The lowest BCUT2D eigenvalue weighted by atomic mass is 9.76. The van der Waals surface area contributed by atoms with Gasteiger partial charge in [-0.3, -0.25) is 9.59 Å². The van der Waals surface area contributed by atoms with Crippen LogP contribution in [0.5, 0.6) is 5.75 Å². The number of carbonyl (C=O) groups is 3. The van der Waals surface area contributed by atoms with E-state index in [4.69, 9.17) is 14.6 Å². The molecule has 2 aliphatic heterocycles. The van der Waals surface area contributed by atoms with Crippen molar-refractivity contribution in [3.63, 3.8) is 0 Å². The minimum absolute atomic E-state index is 0.0262. The number of piperidine rings is 1. The Labute approximate surface area is 206 Å². The van der Waals surface area contributed by atoms with Crippen LogP contribution in [-0.4, -0.2) is 64.7 Å². The average molecular weight is 508 g/mol. The van der Waals surface area contributed by atoms with Gasteiger partial charge >= 0.3 is 12.1 Å². The Kier molecular flexibility index (Phi) is 8.21. The van der Waals surface area contributed by atoms with Crippen molar-refractivity contribution in [3.05, 3.63) is 59.4 Å². The first-order valence-corrected chi connectivity index (χ1v) is 11.5. The fourth-order valence-electron chi connectivity index (χ4n) is 4.50. The van der Waals surface area contributed by atoms with Crippen LogP contribution >= 0.6 is 0 Å². The summed E-state index contributed by atoms with van der Waals surface area (Å²) in [5.74, 6) is -1.75. The minimum atomic E-state index is -5.08. The second-order valence-electron chi connectivity index (χ2n) is 8.86. The van der Waals surface area contributed by atoms with Gasteiger partial charge in [0.25, 0.3) is 5.91 Å². The zero-order valence-electron chi connectivity index (χ0n) is 20.0. The Morgan fingerprint density at radius 1 is 1.14 bits per heavy atom. The number of carbonyl (C=O) groups excluding carboxylic acids is 2. The fourth-order valence-corrected chi connectivity index (χ4v) is 4.50. The van der Waals surface area contributed by atoms with Crippen LogP contribution in [0.1, 0.15) is 53.3 Å². The summed E-state index contributed by atoms with van der Waals surface area (Å²) in [5.41, 5.74) is 2.11. The molecule has 2 aliphatic rings. The molecule has 3 heterocycles. The number of pyridine rings is 1. The Hall–Kier alpha value is -3.63. The number of halogens is 3. The van der Waals surface area contributed by atoms with E-state index in [1.54, 1.807) is 13.1 Å². The highest BCUT2D eigenvalue weighted by molar-refractivity contribution is 5.92. The average Bonchev–Trinajstić information content (AvgIpc) is 2.84. The van der Waals surface area contributed by atoms with E-state index >= 15 is 0 Å². The number of nitrogens with one attached hydrogen (secondary N) is 1. The van der Waals surface area contributed by atoms with E-state index in [1.165, 1.54) is 0 Å². The molecule has 0 aliphatic carbocycles. The molecule has 11 heteroatoms. The molecule has 8 nitrogen and oxygen atoms in total. The number of carboxylic acids is 1. The number of nitrogens with zero attached hydrogens (tertiary/aromatic N) is 2. The third-order valence-corrected chi connectivity index (χ3v) is 6.33. The third-order valence-electron chi connectivity index (χ3n) is 6.33. The molecule has 1 unspecified atom stereocenters. The minimum Gasteiger partial charge on any atom is -0.487 e. The van der Waals surface area contributed by atoms with Crippen molar-refractivity contribution in [3.8, 4) is 5.75 Å². The monoisotopic (exact) mass is 507 g/mol. The first-order chi connectivity index (χ1) is 16.9. The van der Waals surface area contributed by atoms with E-state index < -0.39 is 12.1 Å².